The number of hydrogen-bond acceptors (Lipinski definition) is 3. The maximum Gasteiger partial charge on any atom is 0.141 e. The summed E-state index contributed by atoms with van der Waals surface area (Å²) < 4.78 is 10.2. The lowest BCUT2D eigenvalue weighted by Gasteiger charge is -2.05. The molecule has 2 aromatic rings. The molecule has 0 unspecified atom stereocenters. The lowest BCUT2D eigenvalue weighted by Crippen LogP contribution is -2.06. The van der Waals surface area contributed by atoms with E-state index in [1.807, 2.05) is 48.5 Å². The predicted molar refractivity (Wildman–Crippen MR) is 86.7 cm³/mol. The molecule has 0 bridgehead atoms. The van der Waals surface area contributed by atoms with E-state index in [4.69, 9.17) is 9.47 Å². The van der Waals surface area contributed by atoms with Gasteiger partial charge in [-0.3, -0.25) is 4.79 Å². The van der Waals surface area contributed by atoms with Gasteiger partial charge in [0.15, 0.2) is 0 Å². The molecular weight excluding hydrogens is 276 g/mol. The molecule has 0 radical (unpaired) electrons. The number of rotatable bonds is 8. The molecule has 22 heavy (non-hydrogen) atoms. The van der Waals surface area contributed by atoms with Gasteiger partial charge in [-0.25, -0.2) is 0 Å². The fourth-order valence-corrected chi connectivity index (χ4v) is 2.36. The zero-order valence-electron chi connectivity index (χ0n) is 13.2. The van der Waals surface area contributed by atoms with Gasteiger partial charge in [0, 0.05) is 27.1 Å². The van der Waals surface area contributed by atoms with Crippen molar-refractivity contribution in [3.05, 3.63) is 70.8 Å². The van der Waals surface area contributed by atoms with Gasteiger partial charge < -0.3 is 9.47 Å². The fraction of sp³-hybridized carbons (Fsp3) is 0.316. The van der Waals surface area contributed by atoms with E-state index in [2.05, 4.69) is 0 Å². The van der Waals surface area contributed by atoms with Gasteiger partial charge in [-0.1, -0.05) is 48.5 Å². The van der Waals surface area contributed by atoms with Crippen LogP contribution in [0.25, 0.3) is 0 Å². The second kappa shape index (κ2) is 8.47. The van der Waals surface area contributed by atoms with Crippen molar-refractivity contribution in [2.45, 2.75) is 26.1 Å². The van der Waals surface area contributed by atoms with Crippen molar-refractivity contribution in [2.75, 3.05) is 14.2 Å². The van der Waals surface area contributed by atoms with Crippen LogP contribution in [0.1, 0.15) is 22.3 Å². The van der Waals surface area contributed by atoms with Crippen molar-refractivity contribution in [3.63, 3.8) is 0 Å². The highest BCUT2D eigenvalue weighted by atomic mass is 16.5. The third kappa shape index (κ3) is 5.10. The monoisotopic (exact) mass is 298 g/mol. The Morgan fingerprint density at radius 1 is 0.682 bits per heavy atom. The first kappa shape index (κ1) is 16.4. The molecule has 0 fully saturated rings. The van der Waals surface area contributed by atoms with Crippen LogP contribution >= 0.6 is 0 Å². The average Bonchev–Trinajstić information content (AvgIpc) is 2.52. The molecule has 0 aliphatic rings. The molecule has 0 spiro atoms. The first-order valence-electron chi connectivity index (χ1n) is 7.36. The second-order valence-electron chi connectivity index (χ2n) is 5.39. The Labute approximate surface area is 131 Å². The molecule has 2 rings (SSSR count). The van der Waals surface area contributed by atoms with Crippen molar-refractivity contribution < 1.29 is 14.3 Å². The van der Waals surface area contributed by atoms with E-state index in [9.17, 15) is 4.79 Å². The molecule has 0 aliphatic heterocycles. The SMILES string of the molecule is COCc1ccc(CC(=O)Cc2ccc(COC)cc2)cc1. The highest BCUT2D eigenvalue weighted by molar-refractivity contribution is 5.83. The van der Waals surface area contributed by atoms with Crippen LogP contribution < -0.4 is 0 Å². The summed E-state index contributed by atoms with van der Waals surface area (Å²) in [6.07, 6.45) is 0.931. The maximum atomic E-state index is 12.2. The number of ether oxygens (including phenoxy) is 2. The number of methoxy groups -OCH3 is 2. The van der Waals surface area contributed by atoms with Crippen molar-refractivity contribution in [1.82, 2.24) is 0 Å². The normalized spacial score (nSPS) is 10.6. The Morgan fingerprint density at radius 2 is 1.00 bits per heavy atom. The molecule has 0 aliphatic carbocycles. The van der Waals surface area contributed by atoms with E-state index in [1.54, 1.807) is 14.2 Å². The van der Waals surface area contributed by atoms with Gasteiger partial charge in [0.25, 0.3) is 0 Å². The summed E-state index contributed by atoms with van der Waals surface area (Å²) >= 11 is 0. The Balaban J connectivity index is 1.89. The van der Waals surface area contributed by atoms with Crippen LogP contribution in [0.5, 0.6) is 0 Å². The van der Waals surface area contributed by atoms with Crippen LogP contribution in [-0.2, 0) is 40.3 Å². The maximum absolute atomic E-state index is 12.2. The van der Waals surface area contributed by atoms with E-state index < -0.39 is 0 Å². The number of ketones is 1. The smallest absolute Gasteiger partial charge is 0.141 e. The molecule has 3 heteroatoms. The van der Waals surface area contributed by atoms with Gasteiger partial charge in [0.1, 0.15) is 5.78 Å². The summed E-state index contributed by atoms with van der Waals surface area (Å²) in [5.41, 5.74) is 4.32. The highest BCUT2D eigenvalue weighted by Gasteiger charge is 2.06. The van der Waals surface area contributed by atoms with Crippen LogP contribution in [0, 0.1) is 0 Å². The van der Waals surface area contributed by atoms with Gasteiger partial charge in [-0.2, -0.15) is 0 Å². The van der Waals surface area contributed by atoms with Crippen molar-refractivity contribution in [3.8, 4) is 0 Å². The number of benzene rings is 2. The molecule has 0 heterocycles. The van der Waals surface area contributed by atoms with E-state index in [0.29, 0.717) is 26.1 Å². The molecular formula is C19H22O3. The zero-order chi connectivity index (χ0) is 15.8. The Kier molecular flexibility index (Phi) is 6.31. The summed E-state index contributed by atoms with van der Waals surface area (Å²) in [6, 6.07) is 16.0. The van der Waals surface area contributed by atoms with Gasteiger partial charge in [0.2, 0.25) is 0 Å². The minimum absolute atomic E-state index is 0.221. The summed E-state index contributed by atoms with van der Waals surface area (Å²) in [5, 5.41) is 0. The number of carbonyl (C=O) groups is 1. The lowest BCUT2D eigenvalue weighted by molar-refractivity contribution is -0.117. The summed E-state index contributed by atoms with van der Waals surface area (Å²) in [5.74, 6) is 0.221. The van der Waals surface area contributed by atoms with Crippen LogP contribution in [-0.4, -0.2) is 20.0 Å². The summed E-state index contributed by atoms with van der Waals surface area (Å²) in [4.78, 5) is 12.2. The van der Waals surface area contributed by atoms with Gasteiger partial charge in [-0.15, -0.1) is 0 Å². The molecule has 0 atom stereocenters. The van der Waals surface area contributed by atoms with Crippen LogP contribution in [0.2, 0.25) is 0 Å². The van der Waals surface area contributed by atoms with Crippen molar-refractivity contribution >= 4 is 5.78 Å². The summed E-state index contributed by atoms with van der Waals surface area (Å²) in [6.45, 7) is 1.20. The number of carbonyl (C=O) groups excluding carboxylic acids is 1. The minimum atomic E-state index is 0.221. The van der Waals surface area contributed by atoms with E-state index in [1.165, 1.54) is 0 Å². The van der Waals surface area contributed by atoms with Crippen molar-refractivity contribution in [2.24, 2.45) is 0 Å². The molecule has 0 saturated heterocycles. The Morgan fingerprint density at radius 3 is 1.32 bits per heavy atom. The van der Waals surface area contributed by atoms with E-state index in [0.717, 1.165) is 22.3 Å². The lowest BCUT2D eigenvalue weighted by atomic mass is 10.0. The Hall–Kier alpha value is -1.97. The second-order valence-corrected chi connectivity index (χ2v) is 5.39. The molecule has 0 N–H and O–H groups in total. The largest absolute Gasteiger partial charge is 0.380 e. The standard InChI is InChI=1S/C19H22O3/c1-21-13-17-7-3-15(4-8-17)11-19(20)12-16-5-9-18(10-6-16)14-22-2/h3-10H,11-14H2,1-2H3. The van der Waals surface area contributed by atoms with E-state index >= 15 is 0 Å². The van der Waals surface area contributed by atoms with Crippen molar-refractivity contribution in [1.29, 1.82) is 0 Å². The third-order valence-corrected chi connectivity index (χ3v) is 3.47. The Bertz CT molecular complexity index is 532. The third-order valence-electron chi connectivity index (χ3n) is 3.47. The first-order chi connectivity index (χ1) is 10.7. The summed E-state index contributed by atoms with van der Waals surface area (Å²) in [7, 11) is 3.35. The molecule has 3 nitrogen and oxygen atoms in total. The predicted octanol–water partition coefficient (Wildman–Crippen LogP) is 3.33. The quantitative estimate of drug-likeness (QED) is 0.750. The molecule has 116 valence electrons. The van der Waals surface area contributed by atoms with Crippen LogP contribution in [0.4, 0.5) is 0 Å². The topological polar surface area (TPSA) is 35.5 Å². The highest BCUT2D eigenvalue weighted by Crippen LogP contribution is 2.10. The molecule has 0 aromatic heterocycles. The van der Waals surface area contributed by atoms with Gasteiger partial charge in [0.05, 0.1) is 13.2 Å². The van der Waals surface area contributed by atoms with Gasteiger partial charge >= 0.3 is 0 Å². The van der Waals surface area contributed by atoms with Crippen LogP contribution in [0.3, 0.4) is 0 Å². The minimum Gasteiger partial charge on any atom is -0.380 e. The molecule has 0 saturated carbocycles. The van der Waals surface area contributed by atoms with Gasteiger partial charge in [-0.05, 0) is 22.3 Å². The van der Waals surface area contributed by atoms with Crippen LogP contribution in [0.15, 0.2) is 48.5 Å². The molecule has 2 aromatic carbocycles. The first-order valence-corrected chi connectivity index (χ1v) is 7.36. The average molecular weight is 298 g/mol. The fourth-order valence-electron chi connectivity index (χ4n) is 2.36. The zero-order valence-corrected chi connectivity index (χ0v) is 13.2. The number of hydrogen-bond donors (Lipinski definition) is 0. The molecule has 0 amide bonds. The van der Waals surface area contributed by atoms with E-state index in [-0.39, 0.29) is 5.78 Å². The number of Topliss-reactive ketones (excluding diaryl/α,β-unsaturated/α-hetero) is 1.